The van der Waals surface area contributed by atoms with Gasteiger partial charge in [0.15, 0.2) is 6.10 Å². The molecule has 0 unspecified atom stereocenters. The van der Waals surface area contributed by atoms with E-state index in [1.165, 1.54) is 18.2 Å². The largest absolute Gasteiger partial charge is 0.481 e. The quantitative estimate of drug-likeness (QED) is 0.586. The Hall–Kier alpha value is -3.35. The van der Waals surface area contributed by atoms with Gasteiger partial charge in [-0.3, -0.25) is 4.79 Å². The van der Waals surface area contributed by atoms with Crippen LogP contribution in [0.3, 0.4) is 0 Å². The fraction of sp³-hybridized carbons (Fsp3) is 0.348. The van der Waals surface area contributed by atoms with Crippen molar-refractivity contribution in [2.24, 2.45) is 0 Å². The fourth-order valence-electron chi connectivity index (χ4n) is 2.83. The van der Waals surface area contributed by atoms with Gasteiger partial charge in [0, 0.05) is 13.6 Å². The van der Waals surface area contributed by atoms with Gasteiger partial charge in [-0.05, 0) is 44.5 Å². The summed E-state index contributed by atoms with van der Waals surface area (Å²) in [5.41, 5.74) is 1.29. The molecular formula is C23H27NO6. The van der Waals surface area contributed by atoms with E-state index in [2.05, 4.69) is 0 Å². The molecule has 0 saturated carbocycles. The van der Waals surface area contributed by atoms with E-state index in [0.29, 0.717) is 6.54 Å². The van der Waals surface area contributed by atoms with Gasteiger partial charge >= 0.3 is 11.9 Å². The zero-order valence-corrected chi connectivity index (χ0v) is 17.7. The minimum atomic E-state index is -0.828. The Morgan fingerprint density at radius 2 is 1.43 bits per heavy atom. The Kier molecular flexibility index (Phi) is 8.41. The van der Waals surface area contributed by atoms with Gasteiger partial charge in [-0.25, -0.2) is 9.59 Å². The summed E-state index contributed by atoms with van der Waals surface area (Å²) < 4.78 is 15.8. The van der Waals surface area contributed by atoms with Crippen LogP contribution in [0.2, 0.25) is 0 Å². The van der Waals surface area contributed by atoms with E-state index >= 15 is 0 Å². The SMILES string of the molecule is CCOC(=O)c1cc(O[C@H](C)C(=O)N(C)Cc2ccccc2)cc(C(=O)OCC)c1. The topological polar surface area (TPSA) is 82.1 Å². The molecule has 0 aliphatic heterocycles. The summed E-state index contributed by atoms with van der Waals surface area (Å²) in [7, 11) is 1.69. The highest BCUT2D eigenvalue weighted by atomic mass is 16.5. The number of likely N-dealkylation sites (N-methyl/N-ethyl adjacent to an activating group) is 1. The van der Waals surface area contributed by atoms with Crippen molar-refractivity contribution in [2.75, 3.05) is 20.3 Å². The summed E-state index contributed by atoms with van der Waals surface area (Å²) in [5, 5.41) is 0. The number of benzene rings is 2. The molecule has 7 nitrogen and oxygen atoms in total. The summed E-state index contributed by atoms with van der Waals surface area (Å²) in [6.45, 7) is 5.81. The molecule has 0 aromatic heterocycles. The zero-order chi connectivity index (χ0) is 22.1. The molecule has 0 bridgehead atoms. The molecule has 2 aromatic rings. The molecule has 0 fully saturated rings. The van der Waals surface area contributed by atoms with Gasteiger partial charge in [0.1, 0.15) is 5.75 Å². The van der Waals surface area contributed by atoms with Crippen molar-refractivity contribution in [1.29, 1.82) is 0 Å². The van der Waals surface area contributed by atoms with E-state index in [4.69, 9.17) is 14.2 Å². The lowest BCUT2D eigenvalue weighted by Gasteiger charge is -2.22. The van der Waals surface area contributed by atoms with E-state index in [-0.39, 0.29) is 36.0 Å². The number of hydrogen-bond donors (Lipinski definition) is 0. The molecule has 1 amide bonds. The number of esters is 2. The minimum absolute atomic E-state index is 0.148. The van der Waals surface area contributed by atoms with Crippen molar-refractivity contribution >= 4 is 17.8 Å². The molecule has 0 radical (unpaired) electrons. The van der Waals surface area contributed by atoms with Crippen LogP contribution >= 0.6 is 0 Å². The Morgan fingerprint density at radius 1 is 0.900 bits per heavy atom. The van der Waals surface area contributed by atoms with Crippen molar-refractivity contribution in [2.45, 2.75) is 33.4 Å². The summed E-state index contributed by atoms with van der Waals surface area (Å²) in [4.78, 5) is 38.6. The van der Waals surface area contributed by atoms with Crippen LogP contribution in [0, 0.1) is 0 Å². The minimum Gasteiger partial charge on any atom is -0.481 e. The van der Waals surface area contributed by atoms with Crippen LogP contribution in [-0.4, -0.2) is 49.1 Å². The lowest BCUT2D eigenvalue weighted by molar-refractivity contribution is -0.137. The number of rotatable bonds is 9. The molecule has 1 atom stereocenters. The molecule has 0 aliphatic carbocycles. The first-order valence-corrected chi connectivity index (χ1v) is 9.80. The van der Waals surface area contributed by atoms with Crippen LogP contribution in [0.5, 0.6) is 5.75 Å². The lowest BCUT2D eigenvalue weighted by atomic mass is 10.1. The Balaban J connectivity index is 2.18. The highest BCUT2D eigenvalue weighted by molar-refractivity contribution is 5.96. The number of nitrogens with zero attached hydrogens (tertiary/aromatic N) is 1. The van der Waals surface area contributed by atoms with Crippen LogP contribution < -0.4 is 4.74 Å². The third kappa shape index (κ3) is 6.34. The molecule has 7 heteroatoms. The third-order valence-electron chi connectivity index (χ3n) is 4.23. The number of hydrogen-bond acceptors (Lipinski definition) is 6. The fourth-order valence-corrected chi connectivity index (χ4v) is 2.83. The standard InChI is InChI=1S/C23H27NO6/c1-5-28-22(26)18-12-19(23(27)29-6-2)14-20(13-18)30-16(3)21(25)24(4)15-17-10-8-7-9-11-17/h7-14,16H,5-6,15H2,1-4H3/t16-/m1/s1. The van der Waals surface area contributed by atoms with Crippen LogP contribution in [0.15, 0.2) is 48.5 Å². The zero-order valence-electron chi connectivity index (χ0n) is 17.7. The first-order chi connectivity index (χ1) is 14.3. The van der Waals surface area contributed by atoms with Gasteiger partial charge in [-0.1, -0.05) is 30.3 Å². The van der Waals surface area contributed by atoms with Crippen molar-refractivity contribution in [1.82, 2.24) is 4.90 Å². The number of carbonyl (C=O) groups is 3. The van der Waals surface area contributed by atoms with Crippen LogP contribution in [0.25, 0.3) is 0 Å². The molecule has 160 valence electrons. The monoisotopic (exact) mass is 413 g/mol. The van der Waals surface area contributed by atoms with Crippen molar-refractivity contribution in [3.05, 3.63) is 65.2 Å². The van der Waals surface area contributed by atoms with Gasteiger partial charge < -0.3 is 19.1 Å². The second-order valence-electron chi connectivity index (χ2n) is 6.63. The highest BCUT2D eigenvalue weighted by Crippen LogP contribution is 2.21. The van der Waals surface area contributed by atoms with Crippen molar-refractivity contribution < 1.29 is 28.6 Å². The van der Waals surface area contributed by atoms with Crippen molar-refractivity contribution in [3.8, 4) is 5.75 Å². The number of ether oxygens (including phenoxy) is 3. The van der Waals surface area contributed by atoms with E-state index in [1.54, 1.807) is 32.7 Å². The number of carbonyl (C=O) groups excluding carboxylic acids is 3. The number of amides is 1. The molecule has 0 heterocycles. The molecule has 2 rings (SSSR count). The maximum atomic E-state index is 12.7. The van der Waals surface area contributed by atoms with E-state index in [1.807, 2.05) is 30.3 Å². The average Bonchev–Trinajstić information content (AvgIpc) is 2.74. The van der Waals surface area contributed by atoms with Gasteiger partial charge in [-0.15, -0.1) is 0 Å². The van der Waals surface area contributed by atoms with Gasteiger partial charge in [-0.2, -0.15) is 0 Å². The molecule has 0 saturated heterocycles. The second kappa shape index (κ2) is 11.0. The maximum Gasteiger partial charge on any atom is 0.338 e. The summed E-state index contributed by atoms with van der Waals surface area (Å²) in [6.07, 6.45) is -0.828. The molecule has 30 heavy (non-hydrogen) atoms. The Morgan fingerprint density at radius 3 is 1.93 bits per heavy atom. The Labute approximate surface area is 176 Å². The first kappa shape index (κ1) is 22.9. The molecule has 0 spiro atoms. The molecule has 2 aromatic carbocycles. The van der Waals surface area contributed by atoms with Crippen LogP contribution in [-0.2, 0) is 20.8 Å². The maximum absolute atomic E-state index is 12.7. The van der Waals surface area contributed by atoms with Gasteiger partial charge in [0.05, 0.1) is 24.3 Å². The predicted octanol–water partition coefficient (Wildman–Crippen LogP) is 3.47. The average molecular weight is 413 g/mol. The summed E-state index contributed by atoms with van der Waals surface area (Å²) >= 11 is 0. The van der Waals surface area contributed by atoms with E-state index in [9.17, 15) is 14.4 Å². The van der Waals surface area contributed by atoms with Gasteiger partial charge in [0.25, 0.3) is 5.91 Å². The Bertz CT molecular complexity index is 844. The van der Waals surface area contributed by atoms with Crippen LogP contribution in [0.1, 0.15) is 47.1 Å². The third-order valence-corrected chi connectivity index (χ3v) is 4.23. The second-order valence-corrected chi connectivity index (χ2v) is 6.63. The van der Waals surface area contributed by atoms with E-state index < -0.39 is 18.0 Å². The smallest absolute Gasteiger partial charge is 0.338 e. The van der Waals surface area contributed by atoms with Crippen molar-refractivity contribution in [3.63, 3.8) is 0 Å². The molecule has 0 N–H and O–H groups in total. The van der Waals surface area contributed by atoms with E-state index in [0.717, 1.165) is 5.56 Å². The predicted molar refractivity (Wildman–Crippen MR) is 111 cm³/mol. The summed E-state index contributed by atoms with van der Waals surface area (Å²) in [5.74, 6) is -1.21. The molecule has 0 aliphatic rings. The normalized spacial score (nSPS) is 11.3. The van der Waals surface area contributed by atoms with Crippen LogP contribution in [0.4, 0.5) is 0 Å². The molecular weight excluding hydrogens is 386 g/mol. The lowest BCUT2D eigenvalue weighted by Crippen LogP contribution is -2.37. The first-order valence-electron chi connectivity index (χ1n) is 9.80. The van der Waals surface area contributed by atoms with Gasteiger partial charge in [0.2, 0.25) is 0 Å². The highest BCUT2D eigenvalue weighted by Gasteiger charge is 2.22. The summed E-state index contributed by atoms with van der Waals surface area (Å²) in [6, 6.07) is 13.9.